The van der Waals surface area contributed by atoms with Gasteiger partial charge in [-0.25, -0.2) is 8.78 Å². The van der Waals surface area contributed by atoms with Gasteiger partial charge in [0, 0.05) is 64.5 Å². The molecule has 0 saturated carbocycles. The van der Waals surface area contributed by atoms with Crippen LogP contribution < -0.4 is 4.90 Å². The molecule has 0 radical (unpaired) electrons. The Morgan fingerprint density at radius 1 is 1.06 bits per heavy atom. The largest absolute Gasteiger partial charge is 0.416 e. The van der Waals surface area contributed by atoms with Crippen LogP contribution in [0.15, 0.2) is 95.9 Å². The van der Waals surface area contributed by atoms with Crippen LogP contribution in [0, 0.1) is 18.6 Å². The van der Waals surface area contributed by atoms with E-state index in [1.807, 2.05) is 0 Å². The van der Waals surface area contributed by atoms with Crippen LogP contribution in [0.5, 0.6) is 0 Å². The fraction of sp³-hybridized carbons (Fsp3) is 0.341. The summed E-state index contributed by atoms with van der Waals surface area (Å²) in [5.74, 6) is -4.31. The van der Waals surface area contributed by atoms with Crippen molar-refractivity contribution in [1.82, 2.24) is 9.80 Å². The number of hydrogen-bond acceptors (Lipinski definition) is 6. The third kappa shape index (κ3) is 9.29. The van der Waals surface area contributed by atoms with Gasteiger partial charge in [-0.1, -0.05) is 66.2 Å². The van der Waals surface area contributed by atoms with E-state index in [-0.39, 0.29) is 43.6 Å². The van der Waals surface area contributed by atoms with Gasteiger partial charge in [0.05, 0.1) is 32.2 Å². The van der Waals surface area contributed by atoms with E-state index < -0.39 is 114 Å². The number of fused-ring (bicyclic) bond motifs is 1. The number of carbonyl (C=O) groups excluding carboxylic acids is 1. The predicted octanol–water partition coefficient (Wildman–Crippen LogP) is 8.73. The van der Waals surface area contributed by atoms with E-state index in [1.54, 1.807) is 12.1 Å². The number of likely N-dealkylation sites (tertiary alicyclic amines) is 1. The minimum atomic E-state index is -4.57. The van der Waals surface area contributed by atoms with Crippen molar-refractivity contribution in [2.24, 2.45) is 0 Å². The summed E-state index contributed by atoms with van der Waals surface area (Å²) in [4.78, 5) is 17.8. The van der Waals surface area contributed by atoms with Crippen molar-refractivity contribution in [2.75, 3.05) is 44.6 Å². The highest BCUT2D eigenvalue weighted by Gasteiger charge is 2.33. The van der Waals surface area contributed by atoms with Crippen LogP contribution >= 0.6 is 11.8 Å². The summed E-state index contributed by atoms with van der Waals surface area (Å²) >= 11 is 0.524. The van der Waals surface area contributed by atoms with Gasteiger partial charge in [-0.2, -0.15) is 13.2 Å². The van der Waals surface area contributed by atoms with E-state index >= 15 is 4.79 Å². The number of ether oxygens (including phenoxy) is 1. The monoisotopic (exact) mass is 764 g/mol. The Morgan fingerprint density at radius 3 is 2.43 bits per heavy atom. The molecule has 4 aromatic carbocycles. The number of amides is 1. The van der Waals surface area contributed by atoms with Crippen LogP contribution in [-0.4, -0.2) is 66.5 Å². The van der Waals surface area contributed by atoms with Crippen LogP contribution in [-0.2, 0) is 28.0 Å². The van der Waals surface area contributed by atoms with E-state index in [9.17, 15) is 29.8 Å². The van der Waals surface area contributed by atoms with Gasteiger partial charge in [-0.05, 0) is 66.7 Å². The standard InChI is InChI=1S/C41H42F5N3O3S/c1-27-6-15-36-34(22-27)37(50)23-39(53-26-31-4-3-5-35(42)40(31)43)49(36)25-38(51)48(33-16-18-47(19-17-33)20-21-52-2)24-28-7-9-29(10-8-28)30-11-13-32(14-12-30)41(44,45)46/h3-15,22-23,33,37,50H,16-21,24-26H2,1-2H3/i2D3,6D,15D,20D2,21D2,22D,23D,25D2. The lowest BCUT2D eigenvalue weighted by molar-refractivity contribution is -0.137. The first-order chi connectivity index (χ1) is 30.5. The van der Waals surface area contributed by atoms with Gasteiger partial charge in [0.1, 0.15) is 12.6 Å². The van der Waals surface area contributed by atoms with Crippen molar-refractivity contribution in [3.63, 3.8) is 0 Å². The summed E-state index contributed by atoms with van der Waals surface area (Å²) in [6.45, 7) is -9.50. The van der Waals surface area contributed by atoms with Crippen LogP contribution in [0.1, 0.15) is 64.6 Å². The predicted molar refractivity (Wildman–Crippen MR) is 198 cm³/mol. The molecule has 6 rings (SSSR count). The normalized spacial score (nSPS) is 21.5. The molecule has 0 aliphatic carbocycles. The number of thioether (sulfide) groups is 1. The second kappa shape index (κ2) is 16.8. The van der Waals surface area contributed by atoms with Crippen LogP contribution in [0.2, 0.25) is 0 Å². The summed E-state index contributed by atoms with van der Waals surface area (Å²) in [6.07, 6.45) is -6.89. The molecule has 4 aromatic rings. The average molecular weight is 765 g/mol. The van der Waals surface area contributed by atoms with Crippen LogP contribution in [0.4, 0.5) is 27.6 Å². The fourth-order valence-corrected chi connectivity index (χ4v) is 6.99. The number of halogens is 5. The molecule has 1 saturated heterocycles. The first-order valence-electron chi connectivity index (χ1n) is 22.9. The first kappa shape index (κ1) is 25.0. The zero-order chi connectivity index (χ0) is 49.1. The zero-order valence-corrected chi connectivity index (χ0v) is 29.0. The maximum Gasteiger partial charge on any atom is 0.416 e. The maximum absolute atomic E-state index is 15.2. The summed E-state index contributed by atoms with van der Waals surface area (Å²) < 4.78 is 183. The lowest BCUT2D eigenvalue weighted by Crippen LogP contribution is -2.50. The van der Waals surface area contributed by atoms with Gasteiger partial charge < -0.3 is 24.5 Å². The number of methoxy groups -OCH3 is 1. The zero-order valence-electron chi connectivity index (χ0n) is 41.2. The number of anilines is 1. The molecule has 1 atom stereocenters. The first-order valence-corrected chi connectivity index (χ1v) is 17.4. The lowest BCUT2D eigenvalue weighted by Gasteiger charge is -2.40. The topological polar surface area (TPSA) is 56.3 Å². The van der Waals surface area contributed by atoms with Gasteiger partial charge >= 0.3 is 6.18 Å². The molecule has 2 aliphatic rings. The molecule has 2 heterocycles. The number of hydrogen-bond donors (Lipinski definition) is 1. The SMILES string of the molecule is [2H]C1=C(SCc2cccc(F)c2F)N(C([2H])([2H])C(=O)N(Cc2ccc(-c3ccc(C(F)(F)F)cc3)cc2)C2CCN(C([2H])([2H])C([2H])([2H])OC([2H])([2H])[2H])CC2)c2c([2H])c([2H])c(C)c([2H])c2C1O. The second-order valence-electron chi connectivity index (χ2n) is 12.3. The minimum absolute atomic E-state index is 0.1000. The van der Waals surface area contributed by atoms with Gasteiger partial charge in [-0.15, -0.1) is 11.8 Å². The molecule has 12 heteroatoms. The molecule has 1 fully saturated rings. The number of aliphatic hydroxyl groups excluding tert-OH is 1. The highest BCUT2D eigenvalue weighted by Crippen LogP contribution is 2.41. The Morgan fingerprint density at radius 2 is 1.75 bits per heavy atom. The molecule has 1 amide bonds. The number of aliphatic hydroxyl groups is 1. The van der Waals surface area contributed by atoms with Crippen molar-refractivity contribution in [3.05, 3.63) is 135 Å². The molecule has 53 heavy (non-hydrogen) atoms. The molecule has 0 bridgehead atoms. The number of rotatable bonds is 12. The second-order valence-corrected chi connectivity index (χ2v) is 13.3. The van der Waals surface area contributed by atoms with Crippen molar-refractivity contribution in [1.29, 1.82) is 0 Å². The van der Waals surface area contributed by atoms with Crippen molar-refractivity contribution in [3.8, 4) is 11.1 Å². The highest BCUT2D eigenvalue weighted by atomic mass is 32.2. The van der Waals surface area contributed by atoms with E-state index in [0.717, 1.165) is 28.0 Å². The molecular weight excluding hydrogens is 710 g/mol. The quantitative estimate of drug-likeness (QED) is 0.146. The number of benzene rings is 4. The Bertz CT molecular complexity index is 2510. The molecule has 1 N–H and O–H groups in total. The van der Waals surface area contributed by atoms with Gasteiger partial charge in [0.2, 0.25) is 5.91 Å². The molecule has 0 spiro atoms. The van der Waals surface area contributed by atoms with Crippen LogP contribution in [0.3, 0.4) is 0 Å². The van der Waals surface area contributed by atoms with E-state index in [2.05, 4.69) is 4.74 Å². The third-order valence-corrected chi connectivity index (χ3v) is 9.81. The lowest BCUT2D eigenvalue weighted by atomic mass is 9.99. The fourth-order valence-electron chi connectivity index (χ4n) is 6.02. The van der Waals surface area contributed by atoms with Gasteiger partial charge in [0.15, 0.2) is 11.6 Å². The minimum Gasteiger partial charge on any atom is -0.384 e. The number of alkyl halides is 3. The Labute approximate surface area is 329 Å². The van der Waals surface area contributed by atoms with Crippen molar-refractivity contribution < 1.29 is 54.4 Å². The highest BCUT2D eigenvalue weighted by molar-refractivity contribution is 8.02. The van der Waals surface area contributed by atoms with E-state index in [1.165, 1.54) is 43.3 Å². The number of nitrogens with zero attached hydrogens (tertiary/aromatic N) is 3. The summed E-state index contributed by atoms with van der Waals surface area (Å²) in [6, 6.07) is 10.2. The molecule has 280 valence electrons. The molecule has 2 aliphatic heterocycles. The molecule has 6 nitrogen and oxygen atoms in total. The number of piperidine rings is 1. The third-order valence-electron chi connectivity index (χ3n) is 8.78. The summed E-state index contributed by atoms with van der Waals surface area (Å²) in [5, 5.41) is 10.9. The number of carbonyl (C=O) groups is 1. The Kier molecular flexibility index (Phi) is 7.93. The van der Waals surface area contributed by atoms with Crippen molar-refractivity contribution in [2.45, 2.75) is 50.4 Å². The summed E-state index contributed by atoms with van der Waals surface area (Å²) in [5.41, 5.74) is -1.03. The average Bonchev–Trinajstić information content (AvgIpc) is 3.24. The molecule has 1 unspecified atom stereocenters. The van der Waals surface area contributed by atoms with Gasteiger partial charge in [0.25, 0.3) is 0 Å². The Hall–Kier alpha value is -4.23. The van der Waals surface area contributed by atoms with E-state index in [0.29, 0.717) is 33.4 Å². The summed E-state index contributed by atoms with van der Waals surface area (Å²) in [7, 11) is -3.32. The van der Waals surface area contributed by atoms with Crippen LogP contribution in [0.25, 0.3) is 11.1 Å². The maximum atomic E-state index is 15.2. The smallest absolute Gasteiger partial charge is 0.384 e. The molecule has 0 aromatic heterocycles. The molecular formula is C41H42F5N3O3S. The van der Waals surface area contributed by atoms with E-state index in [4.69, 9.17) is 15.1 Å². The Balaban J connectivity index is 1.42. The van der Waals surface area contributed by atoms with Crippen molar-refractivity contribution >= 4 is 23.4 Å². The van der Waals surface area contributed by atoms with Gasteiger partial charge in [-0.3, -0.25) is 4.79 Å².